The van der Waals surface area contributed by atoms with Crippen molar-refractivity contribution in [1.82, 2.24) is 0 Å². The van der Waals surface area contributed by atoms with Gasteiger partial charge >= 0.3 is 0 Å². The predicted octanol–water partition coefficient (Wildman–Crippen LogP) is 4.98. The van der Waals surface area contributed by atoms with Crippen LogP contribution in [0.25, 0.3) is 0 Å². The van der Waals surface area contributed by atoms with Crippen LogP contribution in [0.4, 0.5) is 0 Å². The summed E-state index contributed by atoms with van der Waals surface area (Å²) in [5.74, 6) is 3.90. The first kappa shape index (κ1) is 17.7. The van der Waals surface area contributed by atoms with Crippen molar-refractivity contribution in [3.63, 3.8) is 0 Å². The van der Waals surface area contributed by atoms with Crippen molar-refractivity contribution in [3.8, 4) is 0 Å². The predicted molar refractivity (Wildman–Crippen MR) is 101 cm³/mol. The van der Waals surface area contributed by atoms with Gasteiger partial charge < -0.3 is 9.47 Å². The number of fused-ring (bicyclic) bond motifs is 5. The van der Waals surface area contributed by atoms with Crippen molar-refractivity contribution in [2.24, 2.45) is 40.4 Å². The average molecular weight is 361 g/mol. The summed E-state index contributed by atoms with van der Waals surface area (Å²) in [5.41, 5.74) is 0.786. The molecule has 0 aromatic carbocycles. The van der Waals surface area contributed by atoms with Crippen molar-refractivity contribution in [2.75, 3.05) is 13.2 Å². The molecule has 3 heteroatoms. The first-order chi connectivity index (χ1) is 12.4. The summed E-state index contributed by atoms with van der Waals surface area (Å²) in [5, 5.41) is 0. The second kappa shape index (κ2) is 5.80. The van der Waals surface area contributed by atoms with Crippen molar-refractivity contribution >= 4 is 5.78 Å². The van der Waals surface area contributed by atoms with E-state index in [1.165, 1.54) is 38.5 Å². The van der Waals surface area contributed by atoms with Crippen LogP contribution in [0.3, 0.4) is 0 Å². The highest BCUT2D eigenvalue weighted by Gasteiger charge is 2.63. The van der Waals surface area contributed by atoms with E-state index < -0.39 is 0 Å². The Morgan fingerprint density at radius 2 is 1.58 bits per heavy atom. The van der Waals surface area contributed by atoms with Crippen molar-refractivity contribution in [2.45, 2.75) is 84.3 Å². The van der Waals surface area contributed by atoms with Gasteiger partial charge in [-0.15, -0.1) is 0 Å². The van der Waals surface area contributed by atoms with Gasteiger partial charge in [0.25, 0.3) is 0 Å². The summed E-state index contributed by atoms with van der Waals surface area (Å²) >= 11 is 0. The number of hydrogen-bond donors (Lipinski definition) is 0. The van der Waals surface area contributed by atoms with E-state index in [1.807, 2.05) is 0 Å². The summed E-state index contributed by atoms with van der Waals surface area (Å²) in [6, 6.07) is 0. The van der Waals surface area contributed by atoms with Gasteiger partial charge in [0.1, 0.15) is 5.78 Å². The minimum atomic E-state index is -0.352. The molecular weight excluding hydrogens is 324 g/mol. The van der Waals surface area contributed by atoms with Crippen LogP contribution in [0.2, 0.25) is 0 Å². The lowest BCUT2D eigenvalue weighted by atomic mass is 9.44. The SMILES string of the molecule is CC1([C@@H]2CC[C@@H]3[C@@H]4CC[C@H]5CC(=O)CC[C@]5(C)[C@@H]4CC[C@]32C)OCCO1. The molecule has 4 saturated carbocycles. The van der Waals surface area contributed by atoms with Crippen LogP contribution in [0.5, 0.6) is 0 Å². The number of Topliss-reactive ketones (excluding diaryl/α,β-unsaturated/α-hetero) is 1. The Morgan fingerprint density at radius 1 is 0.846 bits per heavy atom. The molecule has 0 spiro atoms. The van der Waals surface area contributed by atoms with Gasteiger partial charge in [0.2, 0.25) is 0 Å². The molecule has 5 fully saturated rings. The van der Waals surface area contributed by atoms with Crippen LogP contribution in [0.1, 0.15) is 78.6 Å². The fourth-order valence-corrected chi connectivity index (χ4v) is 8.64. The van der Waals surface area contributed by atoms with E-state index in [1.54, 1.807) is 0 Å². The van der Waals surface area contributed by atoms with E-state index in [0.29, 0.717) is 28.4 Å². The molecule has 0 radical (unpaired) electrons. The van der Waals surface area contributed by atoms with Gasteiger partial charge in [0.05, 0.1) is 13.2 Å². The Kier molecular flexibility index (Phi) is 3.94. The highest BCUT2D eigenvalue weighted by atomic mass is 16.7. The molecule has 1 heterocycles. The highest BCUT2D eigenvalue weighted by molar-refractivity contribution is 5.79. The Hall–Kier alpha value is -0.410. The summed E-state index contributed by atoms with van der Waals surface area (Å²) in [6.45, 7) is 8.82. The maximum absolute atomic E-state index is 12.1. The largest absolute Gasteiger partial charge is 0.348 e. The Balaban J connectivity index is 1.42. The van der Waals surface area contributed by atoms with E-state index >= 15 is 0 Å². The summed E-state index contributed by atoms with van der Waals surface area (Å²) < 4.78 is 12.3. The van der Waals surface area contributed by atoms with Gasteiger partial charge in [-0.25, -0.2) is 0 Å². The molecule has 5 rings (SSSR count). The average Bonchev–Trinajstić information content (AvgIpc) is 3.19. The third-order valence-corrected chi connectivity index (χ3v) is 9.98. The molecule has 0 N–H and O–H groups in total. The first-order valence-corrected chi connectivity index (χ1v) is 11.2. The van der Waals surface area contributed by atoms with Crippen LogP contribution >= 0.6 is 0 Å². The Labute approximate surface area is 158 Å². The van der Waals surface area contributed by atoms with Gasteiger partial charge in [-0.1, -0.05) is 13.8 Å². The summed E-state index contributed by atoms with van der Waals surface area (Å²) in [6.07, 6.45) is 10.8. The second-order valence-electron chi connectivity index (χ2n) is 10.8. The van der Waals surface area contributed by atoms with Gasteiger partial charge in [0.15, 0.2) is 5.79 Å². The van der Waals surface area contributed by atoms with E-state index in [4.69, 9.17) is 9.47 Å². The van der Waals surface area contributed by atoms with E-state index in [-0.39, 0.29) is 5.79 Å². The minimum Gasteiger partial charge on any atom is -0.348 e. The third kappa shape index (κ3) is 2.28. The molecule has 4 aliphatic carbocycles. The molecule has 146 valence electrons. The highest BCUT2D eigenvalue weighted by Crippen LogP contribution is 2.68. The van der Waals surface area contributed by atoms with E-state index in [9.17, 15) is 4.79 Å². The lowest BCUT2D eigenvalue weighted by Crippen LogP contribution is -2.55. The topological polar surface area (TPSA) is 35.5 Å². The molecule has 5 aliphatic rings. The lowest BCUT2D eigenvalue weighted by Gasteiger charge is -2.60. The fourth-order valence-electron chi connectivity index (χ4n) is 8.64. The minimum absolute atomic E-state index is 0.352. The molecule has 0 bridgehead atoms. The zero-order valence-electron chi connectivity index (χ0n) is 16.9. The number of carbonyl (C=O) groups excluding carboxylic acids is 1. The molecule has 7 atom stereocenters. The quantitative estimate of drug-likeness (QED) is 0.662. The Morgan fingerprint density at radius 3 is 2.35 bits per heavy atom. The normalized spacial score (nSPS) is 53.0. The number of rotatable bonds is 1. The smallest absolute Gasteiger partial charge is 0.169 e. The first-order valence-electron chi connectivity index (χ1n) is 11.2. The molecule has 0 aromatic heterocycles. The second-order valence-corrected chi connectivity index (χ2v) is 10.8. The molecule has 1 saturated heterocycles. The molecule has 0 amide bonds. The molecule has 1 aliphatic heterocycles. The van der Waals surface area contributed by atoms with Gasteiger partial charge in [-0.3, -0.25) is 4.79 Å². The van der Waals surface area contributed by atoms with Crippen molar-refractivity contribution in [1.29, 1.82) is 0 Å². The number of hydrogen-bond acceptors (Lipinski definition) is 3. The molecule has 3 nitrogen and oxygen atoms in total. The third-order valence-electron chi connectivity index (χ3n) is 9.98. The summed E-state index contributed by atoms with van der Waals surface area (Å²) in [4.78, 5) is 12.1. The number of ether oxygens (including phenoxy) is 2. The molecular formula is C23H36O3. The zero-order chi connectivity index (χ0) is 18.2. The summed E-state index contributed by atoms with van der Waals surface area (Å²) in [7, 11) is 0. The van der Waals surface area contributed by atoms with Crippen LogP contribution in [0, 0.1) is 40.4 Å². The van der Waals surface area contributed by atoms with Crippen molar-refractivity contribution < 1.29 is 14.3 Å². The van der Waals surface area contributed by atoms with Crippen LogP contribution < -0.4 is 0 Å². The maximum atomic E-state index is 12.1. The van der Waals surface area contributed by atoms with Crippen LogP contribution in [-0.2, 0) is 14.3 Å². The van der Waals surface area contributed by atoms with Crippen molar-refractivity contribution in [3.05, 3.63) is 0 Å². The maximum Gasteiger partial charge on any atom is 0.169 e. The molecule has 26 heavy (non-hydrogen) atoms. The standard InChI is InChI=1S/C23H36O3/c1-21-10-8-16(24)14-15(21)4-5-17-18-6-7-20(23(3)25-12-13-26-23)22(18,2)11-9-19(17)21/h15,17-20H,4-14H2,1-3H3/t15-,17-,18+,19+,20+,21-,22+/m0/s1. The van der Waals surface area contributed by atoms with Gasteiger partial charge in [0, 0.05) is 18.8 Å². The monoisotopic (exact) mass is 360 g/mol. The molecule has 0 unspecified atom stereocenters. The fraction of sp³-hybridized carbons (Fsp3) is 0.957. The molecule has 0 aromatic rings. The number of ketones is 1. The lowest BCUT2D eigenvalue weighted by molar-refractivity contribution is -0.217. The Bertz CT molecular complexity index is 594. The number of carbonyl (C=O) groups is 1. The van der Waals surface area contributed by atoms with E-state index in [2.05, 4.69) is 20.8 Å². The van der Waals surface area contributed by atoms with Crippen LogP contribution in [-0.4, -0.2) is 24.8 Å². The van der Waals surface area contributed by atoms with Crippen LogP contribution in [0.15, 0.2) is 0 Å². The van der Waals surface area contributed by atoms with E-state index in [0.717, 1.165) is 50.2 Å². The van der Waals surface area contributed by atoms with Gasteiger partial charge in [-0.05, 0) is 86.4 Å². The zero-order valence-corrected chi connectivity index (χ0v) is 16.9. The van der Waals surface area contributed by atoms with Gasteiger partial charge in [-0.2, -0.15) is 0 Å².